The second kappa shape index (κ2) is 8.83. The van der Waals surface area contributed by atoms with Crippen molar-refractivity contribution in [2.24, 2.45) is 5.92 Å². The predicted octanol–water partition coefficient (Wildman–Crippen LogP) is 3.60. The predicted molar refractivity (Wildman–Crippen MR) is 112 cm³/mol. The molecular formula is C23H26N4O. The van der Waals surface area contributed by atoms with Crippen LogP contribution in [-0.4, -0.2) is 35.5 Å². The van der Waals surface area contributed by atoms with E-state index in [1.54, 1.807) is 0 Å². The van der Waals surface area contributed by atoms with E-state index in [0.717, 1.165) is 55.6 Å². The number of piperidine rings is 1. The molecule has 5 heteroatoms. The molecule has 0 bridgehead atoms. The minimum absolute atomic E-state index is 0.0127. The summed E-state index contributed by atoms with van der Waals surface area (Å²) in [5.41, 5.74) is 3.11. The highest BCUT2D eigenvalue weighted by atomic mass is 16.1. The topological polar surface area (TPSA) is 58.1 Å². The van der Waals surface area contributed by atoms with Gasteiger partial charge in [-0.2, -0.15) is 0 Å². The standard InChI is InChI=1S/C23H26N4O/c28-23(24-14-6-10-18-8-2-1-3-9-18)19-11-7-15-27(17-19)22-16-25-20-12-4-5-13-21(20)26-22/h1-5,8-9,12-13,16,19H,6-7,10-11,14-15,17H2,(H,24,28)/t19-/m0/s1. The van der Waals surface area contributed by atoms with E-state index in [4.69, 9.17) is 4.98 Å². The van der Waals surface area contributed by atoms with E-state index in [-0.39, 0.29) is 11.8 Å². The van der Waals surface area contributed by atoms with Gasteiger partial charge in [-0.1, -0.05) is 42.5 Å². The van der Waals surface area contributed by atoms with E-state index in [1.165, 1.54) is 5.56 Å². The van der Waals surface area contributed by atoms with E-state index < -0.39 is 0 Å². The Labute approximate surface area is 165 Å². The molecule has 0 aliphatic carbocycles. The Morgan fingerprint density at radius 2 is 1.86 bits per heavy atom. The van der Waals surface area contributed by atoms with Crippen LogP contribution in [0.25, 0.3) is 11.0 Å². The van der Waals surface area contributed by atoms with Gasteiger partial charge in [0.25, 0.3) is 0 Å². The Balaban J connectivity index is 1.30. The van der Waals surface area contributed by atoms with Crippen molar-refractivity contribution < 1.29 is 4.79 Å². The number of carbonyl (C=O) groups excluding carboxylic acids is 1. The molecule has 3 aromatic rings. The molecule has 0 saturated carbocycles. The molecule has 144 valence electrons. The Kier molecular flexibility index (Phi) is 5.80. The van der Waals surface area contributed by atoms with Crippen LogP contribution in [-0.2, 0) is 11.2 Å². The molecule has 1 N–H and O–H groups in total. The second-order valence-electron chi connectivity index (χ2n) is 7.38. The van der Waals surface area contributed by atoms with Gasteiger partial charge in [-0.05, 0) is 43.4 Å². The number of nitrogens with one attached hydrogen (secondary N) is 1. The Morgan fingerprint density at radius 3 is 2.71 bits per heavy atom. The second-order valence-corrected chi connectivity index (χ2v) is 7.38. The number of benzene rings is 2. The Morgan fingerprint density at radius 1 is 1.07 bits per heavy atom. The number of para-hydroxylation sites is 2. The highest BCUT2D eigenvalue weighted by molar-refractivity contribution is 5.80. The van der Waals surface area contributed by atoms with E-state index in [9.17, 15) is 4.79 Å². The van der Waals surface area contributed by atoms with E-state index in [0.29, 0.717) is 6.54 Å². The molecule has 1 saturated heterocycles. The molecule has 1 aliphatic rings. The van der Waals surface area contributed by atoms with Crippen LogP contribution in [0.15, 0.2) is 60.8 Å². The van der Waals surface area contributed by atoms with E-state index in [1.807, 2.05) is 36.5 Å². The quantitative estimate of drug-likeness (QED) is 0.670. The van der Waals surface area contributed by atoms with Gasteiger partial charge < -0.3 is 10.2 Å². The summed E-state index contributed by atoms with van der Waals surface area (Å²) in [6.45, 7) is 2.35. The lowest BCUT2D eigenvalue weighted by Gasteiger charge is -2.32. The summed E-state index contributed by atoms with van der Waals surface area (Å²) < 4.78 is 0. The summed E-state index contributed by atoms with van der Waals surface area (Å²) >= 11 is 0. The van der Waals surface area contributed by atoms with Crippen molar-refractivity contribution in [3.05, 3.63) is 66.4 Å². The molecule has 4 rings (SSSR count). The largest absolute Gasteiger partial charge is 0.356 e. The number of hydrogen-bond acceptors (Lipinski definition) is 4. The lowest BCUT2D eigenvalue weighted by Crippen LogP contribution is -2.43. The normalized spacial score (nSPS) is 16.9. The third-order valence-corrected chi connectivity index (χ3v) is 5.34. The number of hydrogen-bond donors (Lipinski definition) is 1. The smallest absolute Gasteiger partial charge is 0.224 e. The summed E-state index contributed by atoms with van der Waals surface area (Å²) in [5.74, 6) is 1.03. The van der Waals surface area contributed by atoms with Gasteiger partial charge in [0, 0.05) is 19.6 Å². The van der Waals surface area contributed by atoms with Crippen LogP contribution in [0.1, 0.15) is 24.8 Å². The zero-order valence-corrected chi connectivity index (χ0v) is 16.1. The molecule has 2 heterocycles. The molecule has 0 unspecified atom stereocenters. The Hall–Kier alpha value is -2.95. The van der Waals surface area contributed by atoms with Gasteiger partial charge in [-0.25, -0.2) is 4.98 Å². The number of nitrogens with zero attached hydrogens (tertiary/aromatic N) is 3. The molecule has 1 fully saturated rings. The molecule has 1 atom stereocenters. The number of aryl methyl sites for hydroxylation is 1. The van der Waals surface area contributed by atoms with E-state index >= 15 is 0 Å². The van der Waals surface area contributed by atoms with Gasteiger partial charge in [0.2, 0.25) is 5.91 Å². The van der Waals surface area contributed by atoms with Gasteiger partial charge in [-0.3, -0.25) is 9.78 Å². The van der Waals surface area contributed by atoms with Crippen molar-refractivity contribution in [3.8, 4) is 0 Å². The SMILES string of the molecule is O=C(NCCCc1ccccc1)[C@H]1CCCN(c2cnc3ccccc3n2)C1. The monoisotopic (exact) mass is 374 g/mol. The lowest BCUT2D eigenvalue weighted by molar-refractivity contribution is -0.125. The van der Waals surface area contributed by atoms with Crippen molar-refractivity contribution in [1.82, 2.24) is 15.3 Å². The highest BCUT2D eigenvalue weighted by Crippen LogP contribution is 2.23. The number of anilines is 1. The van der Waals surface area contributed by atoms with Crippen LogP contribution < -0.4 is 10.2 Å². The first-order chi connectivity index (χ1) is 13.8. The van der Waals surface area contributed by atoms with Gasteiger partial charge >= 0.3 is 0 Å². The summed E-state index contributed by atoms with van der Waals surface area (Å²) in [5, 5.41) is 3.12. The van der Waals surface area contributed by atoms with Crippen molar-refractivity contribution in [1.29, 1.82) is 0 Å². The average molecular weight is 374 g/mol. The number of carbonyl (C=O) groups is 1. The van der Waals surface area contributed by atoms with Gasteiger partial charge in [0.05, 0.1) is 23.1 Å². The molecule has 1 amide bonds. The fourth-order valence-electron chi connectivity index (χ4n) is 3.79. The summed E-state index contributed by atoms with van der Waals surface area (Å²) in [6, 6.07) is 18.3. The third-order valence-electron chi connectivity index (χ3n) is 5.34. The summed E-state index contributed by atoms with van der Waals surface area (Å²) in [4.78, 5) is 24.1. The van der Waals surface area contributed by atoms with Crippen molar-refractivity contribution >= 4 is 22.8 Å². The zero-order valence-electron chi connectivity index (χ0n) is 16.1. The molecule has 0 spiro atoms. The summed E-state index contributed by atoms with van der Waals surface area (Å²) in [6.07, 6.45) is 5.70. The van der Waals surface area contributed by atoms with Crippen LogP contribution in [0, 0.1) is 5.92 Å². The molecule has 28 heavy (non-hydrogen) atoms. The summed E-state index contributed by atoms with van der Waals surface area (Å²) in [7, 11) is 0. The number of aromatic nitrogens is 2. The average Bonchev–Trinajstić information content (AvgIpc) is 2.77. The lowest BCUT2D eigenvalue weighted by atomic mass is 9.97. The fourth-order valence-corrected chi connectivity index (χ4v) is 3.79. The molecule has 0 radical (unpaired) electrons. The first-order valence-corrected chi connectivity index (χ1v) is 10.1. The minimum atomic E-state index is 0.0127. The molecule has 1 aliphatic heterocycles. The highest BCUT2D eigenvalue weighted by Gasteiger charge is 2.26. The first kappa shape index (κ1) is 18.4. The number of amides is 1. The number of fused-ring (bicyclic) bond motifs is 1. The molecule has 2 aromatic carbocycles. The van der Waals surface area contributed by atoms with Crippen LogP contribution in [0.3, 0.4) is 0 Å². The maximum atomic E-state index is 12.6. The van der Waals surface area contributed by atoms with Crippen molar-refractivity contribution in [2.75, 3.05) is 24.5 Å². The van der Waals surface area contributed by atoms with Crippen molar-refractivity contribution in [3.63, 3.8) is 0 Å². The molecule has 1 aromatic heterocycles. The third kappa shape index (κ3) is 4.47. The van der Waals surface area contributed by atoms with Crippen LogP contribution in [0.4, 0.5) is 5.82 Å². The maximum absolute atomic E-state index is 12.6. The fraction of sp³-hybridized carbons (Fsp3) is 0.348. The Bertz CT molecular complexity index is 928. The zero-order chi connectivity index (χ0) is 19.2. The van der Waals surface area contributed by atoms with Crippen LogP contribution in [0.5, 0.6) is 0 Å². The molecule has 5 nitrogen and oxygen atoms in total. The van der Waals surface area contributed by atoms with Crippen molar-refractivity contribution in [2.45, 2.75) is 25.7 Å². The van der Waals surface area contributed by atoms with Gasteiger partial charge in [0.1, 0.15) is 5.82 Å². The van der Waals surface area contributed by atoms with Crippen LogP contribution in [0.2, 0.25) is 0 Å². The maximum Gasteiger partial charge on any atom is 0.224 e. The van der Waals surface area contributed by atoms with Gasteiger partial charge in [0.15, 0.2) is 0 Å². The van der Waals surface area contributed by atoms with Crippen LogP contribution >= 0.6 is 0 Å². The number of rotatable bonds is 6. The van der Waals surface area contributed by atoms with Gasteiger partial charge in [-0.15, -0.1) is 0 Å². The van der Waals surface area contributed by atoms with E-state index in [2.05, 4.69) is 39.5 Å². The minimum Gasteiger partial charge on any atom is -0.356 e. The first-order valence-electron chi connectivity index (χ1n) is 10.1. The molecular weight excluding hydrogens is 348 g/mol.